The molecule has 0 radical (unpaired) electrons. The molecule has 0 saturated heterocycles. The van der Waals surface area contributed by atoms with Crippen molar-refractivity contribution in [2.75, 3.05) is 20.4 Å². The normalized spacial score (nSPS) is 13.9. The Bertz CT molecular complexity index is 732. The zero-order valence-electron chi connectivity index (χ0n) is 14.4. The molecule has 0 bridgehead atoms. The minimum Gasteiger partial charge on any atom is -0.504 e. The van der Waals surface area contributed by atoms with E-state index in [9.17, 15) is 10.2 Å². The van der Waals surface area contributed by atoms with Crippen molar-refractivity contribution in [1.29, 1.82) is 0 Å². The Kier molecular flexibility index (Phi) is 5.31. The number of aliphatic hydroxyl groups is 1. The maximum atomic E-state index is 9.96. The van der Waals surface area contributed by atoms with Crippen molar-refractivity contribution in [2.45, 2.75) is 26.1 Å². The van der Waals surface area contributed by atoms with E-state index in [2.05, 4.69) is 4.90 Å². The van der Waals surface area contributed by atoms with Crippen molar-refractivity contribution < 1.29 is 24.4 Å². The lowest BCUT2D eigenvalue weighted by Crippen LogP contribution is -2.30. The van der Waals surface area contributed by atoms with Crippen molar-refractivity contribution in [1.82, 2.24) is 4.90 Å². The first-order valence-corrected chi connectivity index (χ1v) is 8.20. The number of hydrogen-bond acceptors (Lipinski definition) is 6. The fraction of sp³-hybridized carbons (Fsp3) is 0.368. The van der Waals surface area contributed by atoms with E-state index >= 15 is 0 Å². The van der Waals surface area contributed by atoms with E-state index in [4.69, 9.17) is 14.2 Å². The molecule has 25 heavy (non-hydrogen) atoms. The largest absolute Gasteiger partial charge is 0.504 e. The van der Waals surface area contributed by atoms with Crippen LogP contribution in [-0.4, -0.2) is 41.7 Å². The fourth-order valence-electron chi connectivity index (χ4n) is 2.95. The molecule has 134 valence electrons. The van der Waals surface area contributed by atoms with Gasteiger partial charge in [-0.2, -0.15) is 0 Å². The molecule has 3 rings (SSSR count). The number of rotatable bonds is 7. The van der Waals surface area contributed by atoms with E-state index < -0.39 is 6.10 Å². The van der Waals surface area contributed by atoms with Crippen molar-refractivity contribution >= 4 is 0 Å². The lowest BCUT2D eigenvalue weighted by molar-refractivity contribution is 0.118. The molecule has 6 nitrogen and oxygen atoms in total. The molecule has 0 aliphatic carbocycles. The van der Waals surface area contributed by atoms with Crippen LogP contribution in [0, 0.1) is 0 Å². The Balaban J connectivity index is 1.74. The molecular formula is C19H23NO5. The van der Waals surface area contributed by atoms with Crippen LogP contribution in [0.2, 0.25) is 0 Å². The number of phenols is 1. The standard InChI is InChI=1S/C19H23NO5/c1-13(21)9-20(10-14-3-5-17(23-2)16(22)7-14)11-15-4-6-18-19(8-15)25-12-24-18/h3-8,13,21-22H,9-12H2,1-2H3. The molecule has 2 aromatic rings. The van der Waals surface area contributed by atoms with Crippen LogP contribution in [0.3, 0.4) is 0 Å². The molecule has 6 heteroatoms. The number of fused-ring (bicyclic) bond motifs is 1. The molecule has 2 N–H and O–H groups in total. The van der Waals surface area contributed by atoms with Gasteiger partial charge in [0.25, 0.3) is 0 Å². The topological polar surface area (TPSA) is 71.4 Å². The van der Waals surface area contributed by atoms with Crippen LogP contribution in [0.5, 0.6) is 23.0 Å². The molecule has 0 spiro atoms. The molecule has 1 heterocycles. The lowest BCUT2D eigenvalue weighted by atomic mass is 10.1. The first-order valence-electron chi connectivity index (χ1n) is 8.20. The van der Waals surface area contributed by atoms with E-state index in [0.29, 0.717) is 25.4 Å². The van der Waals surface area contributed by atoms with Gasteiger partial charge in [0.2, 0.25) is 6.79 Å². The molecule has 1 atom stereocenters. The first kappa shape index (κ1) is 17.4. The van der Waals surface area contributed by atoms with Crippen LogP contribution in [0.25, 0.3) is 0 Å². The van der Waals surface area contributed by atoms with Gasteiger partial charge >= 0.3 is 0 Å². The van der Waals surface area contributed by atoms with Gasteiger partial charge in [0, 0.05) is 19.6 Å². The van der Waals surface area contributed by atoms with Crippen LogP contribution < -0.4 is 14.2 Å². The van der Waals surface area contributed by atoms with Crippen LogP contribution in [0.4, 0.5) is 0 Å². The van der Waals surface area contributed by atoms with E-state index in [-0.39, 0.29) is 12.5 Å². The molecule has 1 unspecified atom stereocenters. The van der Waals surface area contributed by atoms with Crippen molar-refractivity contribution in [3.63, 3.8) is 0 Å². The highest BCUT2D eigenvalue weighted by Gasteiger charge is 2.16. The average molecular weight is 345 g/mol. The summed E-state index contributed by atoms with van der Waals surface area (Å²) in [6.07, 6.45) is -0.458. The summed E-state index contributed by atoms with van der Waals surface area (Å²) in [6.45, 7) is 3.77. The van der Waals surface area contributed by atoms with Gasteiger partial charge in [0.15, 0.2) is 23.0 Å². The summed E-state index contributed by atoms with van der Waals surface area (Å²) < 4.78 is 15.8. The average Bonchev–Trinajstić information content (AvgIpc) is 3.02. The highest BCUT2D eigenvalue weighted by Crippen LogP contribution is 2.33. The van der Waals surface area contributed by atoms with Gasteiger partial charge < -0.3 is 24.4 Å². The van der Waals surface area contributed by atoms with E-state index in [1.54, 1.807) is 19.1 Å². The minimum absolute atomic E-state index is 0.111. The smallest absolute Gasteiger partial charge is 0.231 e. The second kappa shape index (κ2) is 7.63. The molecule has 0 amide bonds. The Morgan fingerprint density at radius 2 is 1.76 bits per heavy atom. The number of phenolic OH excluding ortho intramolecular Hbond substituents is 1. The van der Waals surface area contributed by atoms with E-state index in [1.165, 1.54) is 7.11 Å². The first-order chi connectivity index (χ1) is 12.0. The van der Waals surface area contributed by atoms with Crippen LogP contribution in [0.15, 0.2) is 36.4 Å². The molecular weight excluding hydrogens is 322 g/mol. The molecule has 1 aliphatic rings. The number of hydrogen-bond donors (Lipinski definition) is 2. The number of benzene rings is 2. The van der Waals surface area contributed by atoms with Gasteiger partial charge in [0.05, 0.1) is 13.2 Å². The van der Waals surface area contributed by atoms with Crippen LogP contribution in [-0.2, 0) is 13.1 Å². The third-order valence-corrected chi connectivity index (χ3v) is 4.02. The maximum absolute atomic E-state index is 9.96. The van der Waals surface area contributed by atoms with Gasteiger partial charge in [-0.05, 0) is 42.3 Å². The molecule has 1 aliphatic heterocycles. The summed E-state index contributed by atoms with van der Waals surface area (Å²) in [5.41, 5.74) is 2.02. The lowest BCUT2D eigenvalue weighted by Gasteiger charge is -2.24. The van der Waals surface area contributed by atoms with E-state index in [0.717, 1.165) is 22.6 Å². The SMILES string of the molecule is COc1ccc(CN(Cc2ccc3c(c2)OCO3)CC(C)O)cc1O. The number of methoxy groups -OCH3 is 1. The minimum atomic E-state index is -0.458. The van der Waals surface area contributed by atoms with Gasteiger partial charge in [-0.25, -0.2) is 0 Å². The third kappa shape index (κ3) is 4.35. The summed E-state index contributed by atoms with van der Waals surface area (Å²) in [7, 11) is 1.52. The fourth-order valence-corrected chi connectivity index (χ4v) is 2.95. The molecule has 2 aromatic carbocycles. The van der Waals surface area contributed by atoms with Gasteiger partial charge in [-0.15, -0.1) is 0 Å². The number of ether oxygens (including phenoxy) is 3. The van der Waals surface area contributed by atoms with Crippen LogP contribution >= 0.6 is 0 Å². The molecule has 0 fully saturated rings. The number of aromatic hydroxyl groups is 1. The predicted molar refractivity (Wildman–Crippen MR) is 93.0 cm³/mol. The summed E-state index contributed by atoms with van der Waals surface area (Å²) in [6, 6.07) is 11.2. The van der Waals surface area contributed by atoms with Crippen molar-refractivity contribution in [2.24, 2.45) is 0 Å². The van der Waals surface area contributed by atoms with E-state index in [1.807, 2.05) is 24.3 Å². The highest BCUT2D eigenvalue weighted by atomic mass is 16.7. The summed E-state index contributed by atoms with van der Waals surface area (Å²) in [4.78, 5) is 2.11. The predicted octanol–water partition coefficient (Wildman–Crippen LogP) is 2.51. The Morgan fingerprint density at radius 3 is 2.44 bits per heavy atom. The second-order valence-electron chi connectivity index (χ2n) is 6.21. The summed E-state index contributed by atoms with van der Waals surface area (Å²) in [5, 5.41) is 19.8. The van der Waals surface area contributed by atoms with Crippen molar-refractivity contribution in [3.05, 3.63) is 47.5 Å². The Morgan fingerprint density at radius 1 is 1.08 bits per heavy atom. The van der Waals surface area contributed by atoms with Crippen LogP contribution in [0.1, 0.15) is 18.1 Å². The maximum Gasteiger partial charge on any atom is 0.231 e. The number of nitrogens with zero attached hydrogens (tertiary/aromatic N) is 1. The zero-order valence-corrected chi connectivity index (χ0v) is 14.4. The Hall–Kier alpha value is -2.44. The number of aliphatic hydroxyl groups excluding tert-OH is 1. The summed E-state index contributed by atoms with van der Waals surface area (Å²) in [5.74, 6) is 2.06. The summed E-state index contributed by atoms with van der Waals surface area (Å²) >= 11 is 0. The third-order valence-electron chi connectivity index (χ3n) is 4.02. The van der Waals surface area contributed by atoms with Gasteiger partial charge in [-0.1, -0.05) is 12.1 Å². The van der Waals surface area contributed by atoms with Gasteiger partial charge in [0.1, 0.15) is 0 Å². The van der Waals surface area contributed by atoms with Crippen molar-refractivity contribution in [3.8, 4) is 23.0 Å². The van der Waals surface area contributed by atoms with Gasteiger partial charge in [-0.3, -0.25) is 4.90 Å². The second-order valence-corrected chi connectivity index (χ2v) is 6.21. The quantitative estimate of drug-likeness (QED) is 0.803. The monoisotopic (exact) mass is 345 g/mol. The molecule has 0 saturated carbocycles. The Labute approximate surface area is 147 Å². The zero-order chi connectivity index (χ0) is 17.8. The molecule has 0 aromatic heterocycles. The highest BCUT2D eigenvalue weighted by molar-refractivity contribution is 5.44.